The third-order valence-corrected chi connectivity index (χ3v) is 4.44. The van der Waals surface area contributed by atoms with E-state index in [1.807, 2.05) is 62.4 Å². The number of carbonyl (C=O) groups excluding carboxylic acids is 1. The lowest BCUT2D eigenvalue weighted by atomic mass is 10.1. The highest BCUT2D eigenvalue weighted by atomic mass is 32.2. The maximum absolute atomic E-state index is 12.3. The molecule has 0 N–H and O–H groups in total. The summed E-state index contributed by atoms with van der Waals surface area (Å²) in [6.45, 7) is 4.24. The third-order valence-electron chi connectivity index (χ3n) is 3.19. The van der Waals surface area contributed by atoms with E-state index in [0.717, 1.165) is 16.2 Å². The Bertz CT molecular complexity index is 605. The zero-order valence-electron chi connectivity index (χ0n) is 13.0. The molecule has 1 atom stereocenters. The summed E-state index contributed by atoms with van der Waals surface area (Å²) < 4.78 is 10.4. The Balaban J connectivity index is 2.24. The van der Waals surface area contributed by atoms with Crippen molar-refractivity contribution in [1.82, 2.24) is 0 Å². The summed E-state index contributed by atoms with van der Waals surface area (Å²) in [6.07, 6.45) is 0. The first kappa shape index (κ1) is 16.4. The molecule has 0 saturated heterocycles. The average Bonchev–Trinajstić information content (AvgIpc) is 2.54. The number of esters is 1. The van der Waals surface area contributed by atoms with Gasteiger partial charge in [0, 0.05) is 4.90 Å². The van der Waals surface area contributed by atoms with Crippen LogP contribution in [0, 0.1) is 6.92 Å². The minimum Gasteiger partial charge on any atom is -0.497 e. The van der Waals surface area contributed by atoms with Crippen molar-refractivity contribution in [2.45, 2.75) is 24.0 Å². The van der Waals surface area contributed by atoms with Crippen molar-refractivity contribution in [2.75, 3.05) is 13.7 Å². The SMILES string of the molecule is CCOC(=O)C(Sc1ccc(C)cc1)c1ccc(OC)cc1. The van der Waals surface area contributed by atoms with E-state index in [0.29, 0.717) is 6.61 Å². The number of rotatable bonds is 6. The first-order valence-electron chi connectivity index (χ1n) is 7.18. The first-order chi connectivity index (χ1) is 10.6. The van der Waals surface area contributed by atoms with Crippen molar-refractivity contribution in [2.24, 2.45) is 0 Å². The lowest BCUT2D eigenvalue weighted by molar-refractivity contribution is -0.142. The Morgan fingerprint density at radius 2 is 1.73 bits per heavy atom. The van der Waals surface area contributed by atoms with E-state index < -0.39 is 0 Å². The van der Waals surface area contributed by atoms with Crippen LogP contribution in [-0.4, -0.2) is 19.7 Å². The molecule has 0 aliphatic heterocycles. The number of hydrogen-bond acceptors (Lipinski definition) is 4. The smallest absolute Gasteiger partial charge is 0.323 e. The Hall–Kier alpha value is -1.94. The van der Waals surface area contributed by atoms with Gasteiger partial charge in [0.2, 0.25) is 0 Å². The van der Waals surface area contributed by atoms with Crippen molar-refractivity contribution in [3.8, 4) is 5.75 Å². The summed E-state index contributed by atoms with van der Waals surface area (Å²) in [4.78, 5) is 13.3. The van der Waals surface area contributed by atoms with Gasteiger partial charge >= 0.3 is 5.97 Å². The first-order valence-corrected chi connectivity index (χ1v) is 8.06. The Kier molecular flexibility index (Phi) is 5.90. The molecule has 0 aliphatic carbocycles. The fourth-order valence-electron chi connectivity index (χ4n) is 2.00. The fraction of sp³-hybridized carbons (Fsp3) is 0.278. The van der Waals surface area contributed by atoms with Crippen LogP contribution >= 0.6 is 11.8 Å². The molecule has 0 saturated carbocycles. The van der Waals surface area contributed by atoms with Crippen LogP contribution in [0.2, 0.25) is 0 Å². The van der Waals surface area contributed by atoms with Gasteiger partial charge in [-0.2, -0.15) is 0 Å². The standard InChI is InChI=1S/C18H20O3S/c1-4-21-18(19)17(14-7-9-15(20-3)10-8-14)22-16-11-5-13(2)6-12-16/h5-12,17H,4H2,1-3H3. The van der Waals surface area contributed by atoms with Gasteiger partial charge in [0.15, 0.2) is 0 Å². The van der Waals surface area contributed by atoms with Gasteiger partial charge in [-0.15, -0.1) is 11.8 Å². The van der Waals surface area contributed by atoms with Crippen LogP contribution in [0.25, 0.3) is 0 Å². The minimum atomic E-state index is -0.381. The molecule has 0 aromatic heterocycles. The fourth-order valence-corrected chi connectivity index (χ4v) is 3.02. The summed E-state index contributed by atoms with van der Waals surface area (Å²) in [6, 6.07) is 15.7. The Morgan fingerprint density at radius 1 is 1.09 bits per heavy atom. The van der Waals surface area contributed by atoms with Crippen molar-refractivity contribution >= 4 is 17.7 Å². The zero-order chi connectivity index (χ0) is 15.9. The van der Waals surface area contributed by atoms with Crippen molar-refractivity contribution < 1.29 is 14.3 Å². The summed E-state index contributed by atoms with van der Waals surface area (Å²) in [5, 5.41) is -0.381. The minimum absolute atomic E-state index is 0.224. The number of thioether (sulfide) groups is 1. The highest BCUT2D eigenvalue weighted by molar-refractivity contribution is 8.00. The molecule has 116 valence electrons. The van der Waals surface area contributed by atoms with Crippen LogP contribution in [0.4, 0.5) is 0 Å². The van der Waals surface area contributed by atoms with Crippen molar-refractivity contribution in [3.63, 3.8) is 0 Å². The molecule has 1 unspecified atom stereocenters. The predicted molar refractivity (Wildman–Crippen MR) is 89.4 cm³/mol. The van der Waals surface area contributed by atoms with Gasteiger partial charge in [0.05, 0.1) is 13.7 Å². The quantitative estimate of drug-likeness (QED) is 0.584. The molecule has 0 amide bonds. The van der Waals surface area contributed by atoms with E-state index in [-0.39, 0.29) is 11.2 Å². The molecule has 0 fully saturated rings. The van der Waals surface area contributed by atoms with Crippen LogP contribution in [0.15, 0.2) is 53.4 Å². The molecule has 0 radical (unpaired) electrons. The van der Waals surface area contributed by atoms with E-state index in [2.05, 4.69) is 0 Å². The summed E-state index contributed by atoms with van der Waals surface area (Å²) in [5.41, 5.74) is 2.10. The molecule has 22 heavy (non-hydrogen) atoms. The van der Waals surface area contributed by atoms with Gasteiger partial charge in [-0.1, -0.05) is 29.8 Å². The number of aryl methyl sites for hydroxylation is 1. The van der Waals surface area contributed by atoms with Crippen molar-refractivity contribution in [1.29, 1.82) is 0 Å². The van der Waals surface area contributed by atoms with E-state index in [1.54, 1.807) is 7.11 Å². The molecule has 0 spiro atoms. The molecular weight excluding hydrogens is 296 g/mol. The van der Waals surface area contributed by atoms with Crippen LogP contribution in [0.5, 0.6) is 5.75 Å². The molecule has 3 nitrogen and oxygen atoms in total. The molecule has 2 aromatic carbocycles. The number of ether oxygens (including phenoxy) is 2. The highest BCUT2D eigenvalue weighted by Gasteiger charge is 2.23. The van der Waals surface area contributed by atoms with Crippen molar-refractivity contribution in [3.05, 3.63) is 59.7 Å². The monoisotopic (exact) mass is 316 g/mol. The van der Waals surface area contributed by atoms with Crippen LogP contribution in [-0.2, 0) is 9.53 Å². The van der Waals surface area contributed by atoms with Gasteiger partial charge in [0.25, 0.3) is 0 Å². The largest absolute Gasteiger partial charge is 0.497 e. The van der Waals surface area contributed by atoms with Crippen LogP contribution < -0.4 is 4.74 Å². The maximum Gasteiger partial charge on any atom is 0.323 e. The van der Waals surface area contributed by atoms with Gasteiger partial charge in [-0.05, 0) is 43.7 Å². The van der Waals surface area contributed by atoms with Gasteiger partial charge in [-0.25, -0.2) is 0 Å². The number of methoxy groups -OCH3 is 1. The molecule has 0 heterocycles. The Labute approximate surface area is 135 Å². The van der Waals surface area contributed by atoms with E-state index >= 15 is 0 Å². The number of benzene rings is 2. The molecule has 0 bridgehead atoms. The van der Waals surface area contributed by atoms with Crippen LogP contribution in [0.1, 0.15) is 23.3 Å². The van der Waals surface area contributed by atoms with E-state index in [4.69, 9.17) is 9.47 Å². The maximum atomic E-state index is 12.3. The molecule has 0 aliphatic rings. The third kappa shape index (κ3) is 4.28. The highest BCUT2D eigenvalue weighted by Crippen LogP contribution is 2.37. The predicted octanol–water partition coefficient (Wildman–Crippen LogP) is 4.40. The normalized spacial score (nSPS) is 11.8. The van der Waals surface area contributed by atoms with E-state index in [9.17, 15) is 4.79 Å². The lowest BCUT2D eigenvalue weighted by Gasteiger charge is -2.16. The second-order valence-electron chi connectivity index (χ2n) is 4.84. The summed E-state index contributed by atoms with van der Waals surface area (Å²) in [5.74, 6) is 0.546. The van der Waals surface area contributed by atoms with Gasteiger partial charge < -0.3 is 9.47 Å². The molecule has 2 rings (SSSR count). The summed E-state index contributed by atoms with van der Waals surface area (Å²) in [7, 11) is 1.62. The molecular formula is C18H20O3S. The van der Waals surface area contributed by atoms with Gasteiger partial charge in [0.1, 0.15) is 11.0 Å². The van der Waals surface area contributed by atoms with E-state index in [1.165, 1.54) is 17.3 Å². The second-order valence-corrected chi connectivity index (χ2v) is 6.01. The average molecular weight is 316 g/mol. The zero-order valence-corrected chi connectivity index (χ0v) is 13.9. The lowest BCUT2D eigenvalue weighted by Crippen LogP contribution is -2.13. The van der Waals surface area contributed by atoms with Gasteiger partial charge in [-0.3, -0.25) is 4.79 Å². The van der Waals surface area contributed by atoms with Crippen LogP contribution in [0.3, 0.4) is 0 Å². The topological polar surface area (TPSA) is 35.5 Å². The molecule has 2 aromatic rings. The number of hydrogen-bond donors (Lipinski definition) is 0. The Morgan fingerprint density at radius 3 is 2.27 bits per heavy atom. The second kappa shape index (κ2) is 7.90. The molecule has 4 heteroatoms. The summed E-state index contributed by atoms with van der Waals surface area (Å²) >= 11 is 1.50. The number of carbonyl (C=O) groups is 1.